The quantitative estimate of drug-likeness (QED) is 0.837. The van der Waals surface area contributed by atoms with Crippen molar-refractivity contribution in [1.82, 2.24) is 5.32 Å². The van der Waals surface area contributed by atoms with E-state index in [0.29, 0.717) is 29.3 Å². The first-order valence-electron chi connectivity index (χ1n) is 7.15. The average Bonchev–Trinajstić information content (AvgIpc) is 2.71. The summed E-state index contributed by atoms with van der Waals surface area (Å²) >= 11 is 4.91. The van der Waals surface area contributed by atoms with Crippen LogP contribution in [0.1, 0.15) is 37.8 Å². The summed E-state index contributed by atoms with van der Waals surface area (Å²) in [5, 5.41) is 3.16. The van der Waals surface area contributed by atoms with Crippen LogP contribution in [0.15, 0.2) is 24.3 Å². The van der Waals surface area contributed by atoms with E-state index in [2.05, 4.69) is 19.2 Å². The molecule has 1 saturated carbocycles. The van der Waals surface area contributed by atoms with E-state index in [9.17, 15) is 4.79 Å². The molecule has 0 bridgehead atoms. The third kappa shape index (κ3) is 3.57. The fourth-order valence-electron chi connectivity index (χ4n) is 2.80. The molecule has 0 saturated heterocycles. The summed E-state index contributed by atoms with van der Waals surface area (Å²) in [5.41, 5.74) is 7.38. The molecule has 20 heavy (non-hydrogen) atoms. The number of nitrogens with two attached hydrogens (primary N) is 1. The van der Waals surface area contributed by atoms with Crippen molar-refractivity contribution < 1.29 is 4.79 Å². The number of benzene rings is 1. The zero-order valence-electron chi connectivity index (χ0n) is 12.1. The smallest absolute Gasteiger partial charge is 0.224 e. The van der Waals surface area contributed by atoms with Crippen molar-refractivity contribution in [3.8, 4) is 0 Å². The number of carbonyl (C=O) groups excluding carboxylic acids is 1. The van der Waals surface area contributed by atoms with Gasteiger partial charge in [-0.3, -0.25) is 4.79 Å². The molecule has 0 spiro atoms. The first kappa shape index (κ1) is 15.0. The zero-order chi connectivity index (χ0) is 14.7. The van der Waals surface area contributed by atoms with Crippen LogP contribution in [-0.2, 0) is 11.2 Å². The first-order chi connectivity index (χ1) is 9.47. The molecule has 1 amide bonds. The number of nitrogens with one attached hydrogen (secondary N) is 1. The Morgan fingerprint density at radius 3 is 2.45 bits per heavy atom. The monoisotopic (exact) mass is 290 g/mol. The molecule has 0 aromatic heterocycles. The Bertz CT molecular complexity index is 498. The Hall–Kier alpha value is -1.42. The third-order valence-corrected chi connectivity index (χ3v) is 4.65. The van der Waals surface area contributed by atoms with Gasteiger partial charge in [-0.1, -0.05) is 50.3 Å². The Morgan fingerprint density at radius 2 is 1.95 bits per heavy atom. The molecular formula is C16H22N2OS. The highest BCUT2D eigenvalue weighted by Gasteiger charge is 2.30. The molecule has 3 atom stereocenters. The van der Waals surface area contributed by atoms with Gasteiger partial charge in [0.25, 0.3) is 0 Å². The number of amides is 1. The molecule has 0 radical (unpaired) electrons. The van der Waals surface area contributed by atoms with Gasteiger partial charge in [-0.2, -0.15) is 0 Å². The standard InChI is InChI=1S/C16H22N2OS/c1-10-3-8-14(11(10)2)18-15(19)9-12-4-6-13(7-5-12)16(17)20/h4-7,10-11,14H,3,8-9H2,1-2H3,(H2,17,20)(H,18,19). The van der Waals surface area contributed by atoms with Gasteiger partial charge in [0.05, 0.1) is 6.42 Å². The van der Waals surface area contributed by atoms with E-state index < -0.39 is 0 Å². The highest BCUT2D eigenvalue weighted by atomic mass is 32.1. The van der Waals surface area contributed by atoms with Crippen LogP contribution in [0.3, 0.4) is 0 Å². The topological polar surface area (TPSA) is 55.1 Å². The van der Waals surface area contributed by atoms with E-state index in [0.717, 1.165) is 17.5 Å². The third-order valence-electron chi connectivity index (χ3n) is 4.41. The van der Waals surface area contributed by atoms with Crippen LogP contribution in [0.4, 0.5) is 0 Å². The Morgan fingerprint density at radius 1 is 1.30 bits per heavy atom. The highest BCUT2D eigenvalue weighted by molar-refractivity contribution is 7.80. The minimum atomic E-state index is 0.0963. The zero-order valence-corrected chi connectivity index (χ0v) is 12.9. The molecule has 3 nitrogen and oxygen atoms in total. The molecular weight excluding hydrogens is 268 g/mol. The summed E-state index contributed by atoms with van der Waals surface area (Å²) in [7, 11) is 0. The molecule has 2 rings (SSSR count). The lowest BCUT2D eigenvalue weighted by Gasteiger charge is -2.19. The summed E-state index contributed by atoms with van der Waals surface area (Å²) in [4.78, 5) is 12.5. The molecule has 4 heteroatoms. The van der Waals surface area contributed by atoms with Crippen LogP contribution in [0.2, 0.25) is 0 Å². The fraction of sp³-hybridized carbons (Fsp3) is 0.500. The number of rotatable bonds is 4. The van der Waals surface area contributed by atoms with Crippen LogP contribution in [0.5, 0.6) is 0 Å². The molecule has 1 aromatic carbocycles. The maximum absolute atomic E-state index is 12.1. The second-order valence-corrected chi connectivity index (χ2v) is 6.27. The molecule has 1 fully saturated rings. The van der Waals surface area contributed by atoms with Gasteiger partial charge in [0.1, 0.15) is 4.99 Å². The van der Waals surface area contributed by atoms with Crippen molar-refractivity contribution in [3.63, 3.8) is 0 Å². The van der Waals surface area contributed by atoms with Gasteiger partial charge in [-0.05, 0) is 30.2 Å². The second kappa shape index (κ2) is 6.35. The SMILES string of the molecule is CC1CCC(NC(=O)Cc2ccc(C(N)=S)cc2)C1C. The predicted octanol–water partition coefficient (Wildman–Crippen LogP) is 2.41. The Labute approximate surface area is 125 Å². The van der Waals surface area contributed by atoms with Gasteiger partial charge in [-0.15, -0.1) is 0 Å². The van der Waals surface area contributed by atoms with Crippen LogP contribution >= 0.6 is 12.2 Å². The predicted molar refractivity (Wildman–Crippen MR) is 85.5 cm³/mol. The summed E-state index contributed by atoms with van der Waals surface area (Å²) in [6, 6.07) is 7.88. The largest absolute Gasteiger partial charge is 0.389 e. The Balaban J connectivity index is 1.90. The van der Waals surface area contributed by atoms with Crippen LogP contribution in [0, 0.1) is 11.8 Å². The van der Waals surface area contributed by atoms with Gasteiger partial charge in [-0.25, -0.2) is 0 Å². The molecule has 108 valence electrons. The van der Waals surface area contributed by atoms with Gasteiger partial charge < -0.3 is 11.1 Å². The van der Waals surface area contributed by atoms with Crippen molar-refractivity contribution in [2.24, 2.45) is 17.6 Å². The van der Waals surface area contributed by atoms with Crippen LogP contribution in [-0.4, -0.2) is 16.9 Å². The van der Waals surface area contributed by atoms with Crippen LogP contribution in [0.25, 0.3) is 0 Å². The maximum Gasteiger partial charge on any atom is 0.224 e. The molecule has 1 aliphatic carbocycles. The van der Waals surface area contributed by atoms with Gasteiger partial charge in [0.15, 0.2) is 0 Å². The summed E-state index contributed by atoms with van der Waals surface area (Å²) < 4.78 is 0. The number of thiocarbonyl (C=S) groups is 1. The average molecular weight is 290 g/mol. The molecule has 1 aromatic rings. The number of carbonyl (C=O) groups is 1. The minimum absolute atomic E-state index is 0.0963. The van der Waals surface area contributed by atoms with E-state index >= 15 is 0 Å². The Kier molecular flexibility index (Phi) is 4.76. The van der Waals surface area contributed by atoms with Gasteiger partial charge >= 0.3 is 0 Å². The lowest BCUT2D eigenvalue weighted by atomic mass is 9.97. The van der Waals surface area contributed by atoms with Crippen molar-refractivity contribution in [3.05, 3.63) is 35.4 Å². The van der Waals surface area contributed by atoms with E-state index in [1.165, 1.54) is 6.42 Å². The fourth-order valence-corrected chi connectivity index (χ4v) is 2.93. The first-order valence-corrected chi connectivity index (χ1v) is 7.56. The second-order valence-electron chi connectivity index (χ2n) is 5.83. The lowest BCUT2D eigenvalue weighted by Crippen LogP contribution is -2.38. The van der Waals surface area contributed by atoms with Crippen molar-refractivity contribution in [2.75, 3.05) is 0 Å². The summed E-state index contributed by atoms with van der Waals surface area (Å²) in [6.07, 6.45) is 2.71. The van der Waals surface area contributed by atoms with E-state index in [4.69, 9.17) is 18.0 Å². The molecule has 1 aliphatic rings. The van der Waals surface area contributed by atoms with E-state index in [-0.39, 0.29) is 5.91 Å². The molecule has 3 N–H and O–H groups in total. The van der Waals surface area contributed by atoms with E-state index in [1.807, 2.05) is 24.3 Å². The minimum Gasteiger partial charge on any atom is -0.389 e. The van der Waals surface area contributed by atoms with Gasteiger partial charge in [0.2, 0.25) is 5.91 Å². The number of hydrogen-bond donors (Lipinski definition) is 2. The van der Waals surface area contributed by atoms with E-state index in [1.54, 1.807) is 0 Å². The molecule has 0 heterocycles. The van der Waals surface area contributed by atoms with Crippen molar-refractivity contribution in [1.29, 1.82) is 0 Å². The summed E-state index contributed by atoms with van der Waals surface area (Å²) in [6.45, 7) is 4.48. The molecule has 3 unspecified atom stereocenters. The normalized spacial score (nSPS) is 25.4. The molecule has 0 aliphatic heterocycles. The van der Waals surface area contributed by atoms with Crippen molar-refractivity contribution >= 4 is 23.1 Å². The number of hydrogen-bond acceptors (Lipinski definition) is 2. The van der Waals surface area contributed by atoms with Crippen molar-refractivity contribution in [2.45, 2.75) is 39.2 Å². The summed E-state index contributed by atoms with van der Waals surface area (Å²) in [5.74, 6) is 1.36. The van der Waals surface area contributed by atoms with Crippen LogP contribution < -0.4 is 11.1 Å². The highest BCUT2D eigenvalue weighted by Crippen LogP contribution is 2.31. The van der Waals surface area contributed by atoms with Gasteiger partial charge in [0, 0.05) is 11.6 Å². The maximum atomic E-state index is 12.1. The lowest BCUT2D eigenvalue weighted by molar-refractivity contribution is -0.121.